The molecule has 0 amide bonds. The van der Waals surface area contributed by atoms with Crippen molar-refractivity contribution >= 4 is 12.6 Å². The molecule has 2 aromatic rings. The molecule has 1 aromatic heterocycles. The molecule has 0 fully saturated rings. The predicted molar refractivity (Wildman–Crippen MR) is 65.8 cm³/mol. The quantitative estimate of drug-likeness (QED) is 0.827. The van der Waals surface area contributed by atoms with Crippen molar-refractivity contribution in [1.29, 1.82) is 0 Å². The first-order chi connectivity index (χ1) is 7.85. The van der Waals surface area contributed by atoms with Gasteiger partial charge in [-0.05, 0) is 19.1 Å². The Labute approximate surface area is 99.8 Å². The largest absolute Gasteiger partial charge is 0.493 e. The summed E-state index contributed by atoms with van der Waals surface area (Å²) in [6, 6.07) is 9.63. The van der Waals surface area contributed by atoms with Gasteiger partial charge in [0.2, 0.25) is 0 Å². The number of ether oxygens (including phenoxy) is 1. The minimum atomic E-state index is 0.570. The van der Waals surface area contributed by atoms with Gasteiger partial charge >= 0.3 is 0 Å². The van der Waals surface area contributed by atoms with Gasteiger partial charge < -0.3 is 9.26 Å². The first-order valence-corrected chi connectivity index (χ1v) is 5.77. The van der Waals surface area contributed by atoms with E-state index in [1.165, 1.54) is 0 Å². The number of thiol groups is 1. The molecular formula is C12H13NO2S. The predicted octanol–water partition coefficient (Wildman–Crippen LogP) is 3.17. The molecule has 2 rings (SSSR count). The molecule has 0 spiro atoms. The highest BCUT2D eigenvalue weighted by molar-refractivity contribution is 7.79. The van der Waals surface area contributed by atoms with Gasteiger partial charge in [-0.1, -0.05) is 17.3 Å². The number of aromatic nitrogens is 1. The van der Waals surface area contributed by atoms with E-state index in [0.29, 0.717) is 18.1 Å². The first-order valence-electron chi connectivity index (χ1n) is 5.13. The zero-order valence-electron chi connectivity index (χ0n) is 9.01. The van der Waals surface area contributed by atoms with Gasteiger partial charge in [0.25, 0.3) is 0 Å². The summed E-state index contributed by atoms with van der Waals surface area (Å²) in [4.78, 5) is 0. The lowest BCUT2D eigenvalue weighted by Gasteiger charge is -2.06. The summed E-state index contributed by atoms with van der Waals surface area (Å²) in [5.41, 5.74) is 1.74. The van der Waals surface area contributed by atoms with Gasteiger partial charge in [0.05, 0.1) is 17.9 Å². The van der Waals surface area contributed by atoms with Crippen LogP contribution in [-0.2, 0) is 5.75 Å². The Hall–Kier alpha value is -1.42. The standard InChI is InChI=1S/C12H13NO2S/c1-2-14-11-6-4-3-5-10(11)12-7-9(8-16)13-15-12/h3-7,16H,2,8H2,1H3. The highest BCUT2D eigenvalue weighted by Crippen LogP contribution is 2.30. The van der Waals surface area contributed by atoms with Crippen LogP contribution in [0.15, 0.2) is 34.9 Å². The Balaban J connectivity index is 2.38. The summed E-state index contributed by atoms with van der Waals surface area (Å²) >= 11 is 4.15. The van der Waals surface area contributed by atoms with Crippen molar-refractivity contribution in [1.82, 2.24) is 5.16 Å². The molecule has 0 aliphatic rings. The van der Waals surface area contributed by atoms with Gasteiger partial charge in [-0.3, -0.25) is 0 Å². The van der Waals surface area contributed by atoms with Gasteiger partial charge in [-0.2, -0.15) is 12.6 Å². The lowest BCUT2D eigenvalue weighted by Crippen LogP contribution is -1.93. The third-order valence-electron chi connectivity index (χ3n) is 2.17. The van der Waals surface area contributed by atoms with Crippen LogP contribution in [0.25, 0.3) is 11.3 Å². The zero-order valence-corrected chi connectivity index (χ0v) is 9.91. The highest BCUT2D eigenvalue weighted by atomic mass is 32.1. The fraction of sp³-hybridized carbons (Fsp3) is 0.250. The molecule has 0 N–H and O–H groups in total. The summed E-state index contributed by atoms with van der Waals surface area (Å²) in [6.07, 6.45) is 0. The maximum absolute atomic E-state index is 5.53. The fourth-order valence-electron chi connectivity index (χ4n) is 1.46. The number of benzene rings is 1. The van der Waals surface area contributed by atoms with Crippen molar-refractivity contribution in [3.8, 4) is 17.1 Å². The lowest BCUT2D eigenvalue weighted by molar-refractivity contribution is 0.339. The van der Waals surface area contributed by atoms with Crippen molar-refractivity contribution in [2.45, 2.75) is 12.7 Å². The fourth-order valence-corrected chi connectivity index (χ4v) is 1.61. The third kappa shape index (κ3) is 2.22. The smallest absolute Gasteiger partial charge is 0.170 e. The van der Waals surface area contributed by atoms with Crippen LogP contribution in [0.1, 0.15) is 12.6 Å². The van der Waals surface area contributed by atoms with Gasteiger partial charge in [0, 0.05) is 11.8 Å². The average molecular weight is 235 g/mol. The molecule has 84 valence electrons. The number of hydrogen-bond donors (Lipinski definition) is 1. The van der Waals surface area contributed by atoms with Gasteiger partial charge in [0.1, 0.15) is 5.75 Å². The van der Waals surface area contributed by atoms with Crippen molar-refractivity contribution in [3.63, 3.8) is 0 Å². The van der Waals surface area contributed by atoms with E-state index in [1.807, 2.05) is 37.3 Å². The summed E-state index contributed by atoms with van der Waals surface area (Å²) in [7, 11) is 0. The Morgan fingerprint density at radius 1 is 1.38 bits per heavy atom. The topological polar surface area (TPSA) is 35.3 Å². The van der Waals surface area contributed by atoms with Gasteiger partial charge in [-0.15, -0.1) is 0 Å². The summed E-state index contributed by atoms with van der Waals surface area (Å²) in [5.74, 6) is 2.10. The van der Waals surface area contributed by atoms with Crippen molar-refractivity contribution < 1.29 is 9.26 Å². The summed E-state index contributed by atoms with van der Waals surface area (Å²) in [6.45, 7) is 2.58. The molecule has 16 heavy (non-hydrogen) atoms. The molecule has 1 heterocycles. The maximum atomic E-state index is 5.53. The van der Waals surface area contributed by atoms with Crippen molar-refractivity contribution in [2.75, 3.05) is 6.61 Å². The lowest BCUT2D eigenvalue weighted by atomic mass is 10.1. The number of rotatable bonds is 4. The van der Waals surface area contributed by atoms with E-state index in [0.717, 1.165) is 17.0 Å². The maximum Gasteiger partial charge on any atom is 0.170 e. The van der Waals surface area contributed by atoms with Crippen molar-refractivity contribution in [3.05, 3.63) is 36.0 Å². The monoisotopic (exact) mass is 235 g/mol. The summed E-state index contributed by atoms with van der Waals surface area (Å²) in [5, 5.41) is 3.91. The Bertz CT molecular complexity index is 468. The van der Waals surface area contributed by atoms with Crippen molar-refractivity contribution in [2.24, 2.45) is 0 Å². The van der Waals surface area contributed by atoms with E-state index in [-0.39, 0.29) is 0 Å². The van der Waals surface area contributed by atoms with Gasteiger partial charge in [0.15, 0.2) is 5.76 Å². The molecule has 0 aliphatic carbocycles. The van der Waals surface area contributed by atoms with Crippen LogP contribution in [0.4, 0.5) is 0 Å². The van der Waals surface area contributed by atoms with Gasteiger partial charge in [-0.25, -0.2) is 0 Å². The Morgan fingerprint density at radius 3 is 2.88 bits per heavy atom. The van der Waals surface area contributed by atoms with Crippen LogP contribution >= 0.6 is 12.6 Å². The molecule has 0 saturated heterocycles. The molecule has 1 aromatic carbocycles. The van der Waals surface area contributed by atoms with Crippen LogP contribution in [0.5, 0.6) is 5.75 Å². The normalized spacial score (nSPS) is 10.4. The molecule has 3 nitrogen and oxygen atoms in total. The second kappa shape index (κ2) is 5.07. The SMILES string of the molecule is CCOc1ccccc1-c1cc(CS)no1. The molecule has 0 saturated carbocycles. The molecule has 0 aliphatic heterocycles. The van der Waals surface area contributed by atoms with E-state index >= 15 is 0 Å². The van der Waals surface area contributed by atoms with E-state index in [9.17, 15) is 0 Å². The average Bonchev–Trinajstić information content (AvgIpc) is 2.79. The Morgan fingerprint density at radius 2 is 2.19 bits per heavy atom. The van der Waals surface area contributed by atoms with E-state index in [1.54, 1.807) is 0 Å². The second-order valence-electron chi connectivity index (χ2n) is 3.27. The van der Waals surface area contributed by atoms with E-state index < -0.39 is 0 Å². The second-order valence-corrected chi connectivity index (χ2v) is 3.59. The summed E-state index contributed by atoms with van der Waals surface area (Å²) < 4.78 is 10.8. The van der Waals surface area contributed by atoms with Crippen LogP contribution in [-0.4, -0.2) is 11.8 Å². The minimum absolute atomic E-state index is 0.570. The molecule has 0 bridgehead atoms. The van der Waals surface area contributed by atoms with Crippen LogP contribution in [0.2, 0.25) is 0 Å². The van der Waals surface area contributed by atoms with E-state index in [4.69, 9.17) is 9.26 Å². The van der Waals surface area contributed by atoms with E-state index in [2.05, 4.69) is 17.8 Å². The molecular weight excluding hydrogens is 222 g/mol. The minimum Gasteiger partial charge on any atom is -0.493 e. The zero-order chi connectivity index (χ0) is 11.4. The highest BCUT2D eigenvalue weighted by Gasteiger charge is 2.10. The number of hydrogen-bond acceptors (Lipinski definition) is 4. The third-order valence-corrected chi connectivity index (χ3v) is 2.50. The Kier molecular flexibility index (Phi) is 3.51. The number of para-hydroxylation sites is 1. The first kappa shape index (κ1) is 11.1. The van der Waals surface area contributed by atoms with Crippen LogP contribution in [0.3, 0.4) is 0 Å². The van der Waals surface area contributed by atoms with Crippen LogP contribution in [0, 0.1) is 0 Å². The molecule has 0 atom stereocenters. The molecule has 0 unspecified atom stereocenters. The number of nitrogens with zero attached hydrogens (tertiary/aromatic N) is 1. The molecule has 4 heteroatoms. The molecule has 0 radical (unpaired) electrons. The van der Waals surface area contributed by atoms with Crippen LogP contribution < -0.4 is 4.74 Å².